The van der Waals surface area contributed by atoms with Crippen LogP contribution in [-0.4, -0.2) is 4.68 Å². The van der Waals surface area contributed by atoms with Crippen molar-refractivity contribution in [1.29, 1.82) is 0 Å². The van der Waals surface area contributed by atoms with Crippen LogP contribution in [0.4, 0.5) is 0 Å². The Morgan fingerprint density at radius 1 is 1.62 bits per heavy atom. The monoisotopic (exact) mass is 111 g/mol. The minimum atomic E-state index is 1.30. The van der Waals surface area contributed by atoms with Crippen LogP contribution >= 0.6 is 0 Å². The molecular formula is C6H11N2+. The minimum Gasteiger partial charge on any atom is -0.164 e. The second-order valence-electron chi connectivity index (χ2n) is 2.15. The highest BCUT2D eigenvalue weighted by molar-refractivity contribution is 4.94. The first-order valence-corrected chi connectivity index (χ1v) is 2.69. The Hall–Kier alpha value is -0.790. The zero-order valence-electron chi connectivity index (χ0n) is 5.55. The molecule has 0 spiro atoms. The van der Waals surface area contributed by atoms with Gasteiger partial charge in [-0.15, -0.1) is 4.68 Å². The SMILES string of the molecule is Cc1cn(C)[n+](C)c1. The summed E-state index contributed by atoms with van der Waals surface area (Å²) in [7, 11) is 4.04. The highest BCUT2D eigenvalue weighted by atomic mass is 15.4. The van der Waals surface area contributed by atoms with Crippen LogP contribution < -0.4 is 4.68 Å². The Labute approximate surface area is 49.3 Å². The predicted molar refractivity (Wildman–Crippen MR) is 31.3 cm³/mol. The molecule has 0 saturated carbocycles. The van der Waals surface area contributed by atoms with Crippen molar-refractivity contribution in [3.05, 3.63) is 18.0 Å². The van der Waals surface area contributed by atoms with Gasteiger partial charge in [0.2, 0.25) is 0 Å². The zero-order valence-corrected chi connectivity index (χ0v) is 5.55. The summed E-state index contributed by atoms with van der Waals surface area (Å²) in [4.78, 5) is 0. The minimum absolute atomic E-state index is 1.30. The lowest BCUT2D eigenvalue weighted by atomic mass is 10.4. The summed E-state index contributed by atoms with van der Waals surface area (Å²) in [5.41, 5.74) is 1.30. The molecule has 2 heteroatoms. The number of aryl methyl sites for hydroxylation is 3. The maximum Gasteiger partial charge on any atom is 0.198 e. The average molecular weight is 111 g/mol. The Bertz CT molecular complexity index is 169. The molecule has 44 valence electrons. The molecule has 0 unspecified atom stereocenters. The van der Waals surface area contributed by atoms with Crippen molar-refractivity contribution in [1.82, 2.24) is 4.68 Å². The van der Waals surface area contributed by atoms with Gasteiger partial charge >= 0.3 is 0 Å². The van der Waals surface area contributed by atoms with Crippen LogP contribution in [0.15, 0.2) is 12.4 Å². The average Bonchev–Trinajstić information content (AvgIpc) is 1.85. The van der Waals surface area contributed by atoms with E-state index in [1.807, 2.05) is 23.5 Å². The van der Waals surface area contributed by atoms with E-state index < -0.39 is 0 Å². The quantitative estimate of drug-likeness (QED) is 0.422. The number of rotatable bonds is 0. The normalized spacial score (nSPS) is 9.88. The van der Waals surface area contributed by atoms with Crippen molar-refractivity contribution >= 4 is 0 Å². The summed E-state index contributed by atoms with van der Waals surface area (Å²) >= 11 is 0. The molecular weight excluding hydrogens is 100 g/mol. The van der Waals surface area contributed by atoms with Gasteiger partial charge in [-0.05, 0) is 6.92 Å². The number of aromatic nitrogens is 2. The molecule has 0 amide bonds. The third-order valence-corrected chi connectivity index (χ3v) is 1.28. The molecule has 8 heavy (non-hydrogen) atoms. The van der Waals surface area contributed by atoms with E-state index in [1.54, 1.807) is 0 Å². The third kappa shape index (κ3) is 0.735. The van der Waals surface area contributed by atoms with Gasteiger partial charge in [-0.3, -0.25) is 0 Å². The molecule has 0 radical (unpaired) electrons. The van der Waals surface area contributed by atoms with Crippen LogP contribution in [0, 0.1) is 6.92 Å². The van der Waals surface area contributed by atoms with Crippen LogP contribution in [0.2, 0.25) is 0 Å². The van der Waals surface area contributed by atoms with E-state index in [0.717, 1.165) is 0 Å². The van der Waals surface area contributed by atoms with Gasteiger partial charge in [-0.1, -0.05) is 0 Å². The molecule has 0 aliphatic heterocycles. The van der Waals surface area contributed by atoms with Gasteiger partial charge in [-0.25, -0.2) is 0 Å². The molecule has 1 heterocycles. The van der Waals surface area contributed by atoms with Crippen molar-refractivity contribution in [2.75, 3.05) is 0 Å². The molecule has 1 rings (SSSR count). The van der Waals surface area contributed by atoms with Crippen LogP contribution in [0.25, 0.3) is 0 Å². The first-order chi connectivity index (χ1) is 3.70. The fourth-order valence-corrected chi connectivity index (χ4v) is 0.805. The van der Waals surface area contributed by atoms with E-state index >= 15 is 0 Å². The van der Waals surface area contributed by atoms with E-state index in [4.69, 9.17) is 0 Å². The molecule has 0 aromatic carbocycles. The first-order valence-electron chi connectivity index (χ1n) is 2.69. The number of hydrogen-bond donors (Lipinski definition) is 0. The predicted octanol–water partition coefficient (Wildman–Crippen LogP) is 0.158. The van der Waals surface area contributed by atoms with Gasteiger partial charge in [0.05, 0.1) is 13.2 Å². The lowest BCUT2D eigenvalue weighted by Crippen LogP contribution is -2.35. The van der Waals surface area contributed by atoms with Gasteiger partial charge in [0.15, 0.2) is 13.2 Å². The van der Waals surface area contributed by atoms with Crippen molar-refractivity contribution < 1.29 is 4.68 Å². The molecule has 2 nitrogen and oxygen atoms in total. The van der Waals surface area contributed by atoms with Crippen LogP contribution in [0.1, 0.15) is 5.56 Å². The Balaban J connectivity index is 3.14. The van der Waals surface area contributed by atoms with E-state index in [2.05, 4.69) is 19.3 Å². The van der Waals surface area contributed by atoms with Crippen molar-refractivity contribution in [3.8, 4) is 0 Å². The zero-order chi connectivity index (χ0) is 6.15. The summed E-state index contributed by atoms with van der Waals surface area (Å²) in [6.45, 7) is 2.08. The molecule has 0 bridgehead atoms. The summed E-state index contributed by atoms with van der Waals surface area (Å²) in [6, 6.07) is 0. The fraction of sp³-hybridized carbons (Fsp3) is 0.500. The summed E-state index contributed by atoms with van der Waals surface area (Å²) in [5.74, 6) is 0. The highest BCUT2D eigenvalue weighted by Crippen LogP contribution is 1.86. The fourth-order valence-electron chi connectivity index (χ4n) is 0.805. The second kappa shape index (κ2) is 1.62. The van der Waals surface area contributed by atoms with Gasteiger partial charge in [0.25, 0.3) is 0 Å². The summed E-state index contributed by atoms with van der Waals surface area (Å²) in [5, 5.41) is 0. The summed E-state index contributed by atoms with van der Waals surface area (Å²) in [6.07, 6.45) is 4.17. The van der Waals surface area contributed by atoms with Crippen molar-refractivity contribution in [2.24, 2.45) is 14.1 Å². The smallest absolute Gasteiger partial charge is 0.164 e. The maximum absolute atomic E-state index is 2.08. The largest absolute Gasteiger partial charge is 0.198 e. The van der Waals surface area contributed by atoms with E-state index in [-0.39, 0.29) is 0 Å². The lowest BCUT2D eigenvalue weighted by molar-refractivity contribution is -0.751. The number of hydrogen-bond acceptors (Lipinski definition) is 0. The van der Waals surface area contributed by atoms with Gasteiger partial charge in [-0.2, -0.15) is 4.68 Å². The third-order valence-electron chi connectivity index (χ3n) is 1.28. The van der Waals surface area contributed by atoms with E-state index in [1.165, 1.54) is 5.56 Å². The molecule has 0 N–H and O–H groups in total. The molecule has 0 aliphatic carbocycles. The molecule has 0 saturated heterocycles. The van der Waals surface area contributed by atoms with E-state index in [9.17, 15) is 0 Å². The standard InChI is InChI=1S/C6H11N2/c1-6-4-7(2)8(3)5-6/h4-5H,1-3H3/q+1. The van der Waals surface area contributed by atoms with Crippen LogP contribution in [0.3, 0.4) is 0 Å². The molecule has 0 fully saturated rings. The molecule has 1 aromatic heterocycles. The topological polar surface area (TPSA) is 8.81 Å². The summed E-state index contributed by atoms with van der Waals surface area (Å²) < 4.78 is 4.07. The second-order valence-corrected chi connectivity index (χ2v) is 2.15. The Morgan fingerprint density at radius 2 is 2.25 bits per heavy atom. The lowest BCUT2D eigenvalue weighted by Gasteiger charge is -1.82. The molecule has 0 atom stereocenters. The molecule has 1 aromatic rings. The van der Waals surface area contributed by atoms with E-state index in [0.29, 0.717) is 0 Å². The van der Waals surface area contributed by atoms with Crippen LogP contribution in [-0.2, 0) is 14.1 Å². The number of nitrogens with zero attached hydrogens (tertiary/aromatic N) is 2. The Kier molecular flexibility index (Phi) is 1.08. The highest BCUT2D eigenvalue weighted by Gasteiger charge is 1.97. The maximum atomic E-state index is 2.08. The van der Waals surface area contributed by atoms with Gasteiger partial charge < -0.3 is 0 Å². The molecule has 0 aliphatic rings. The first kappa shape index (κ1) is 5.35. The van der Waals surface area contributed by atoms with Crippen molar-refractivity contribution in [3.63, 3.8) is 0 Å². The van der Waals surface area contributed by atoms with Crippen molar-refractivity contribution in [2.45, 2.75) is 6.92 Å². The van der Waals surface area contributed by atoms with Gasteiger partial charge in [0.1, 0.15) is 0 Å². The van der Waals surface area contributed by atoms with Gasteiger partial charge in [0, 0.05) is 5.56 Å². The van der Waals surface area contributed by atoms with Crippen LogP contribution in [0.5, 0.6) is 0 Å². The Morgan fingerprint density at radius 3 is 2.38 bits per heavy atom.